The zero-order valence-corrected chi connectivity index (χ0v) is 10.8. The van der Waals surface area contributed by atoms with Crippen LogP contribution in [0.4, 0.5) is 5.69 Å². The molecule has 2 aromatic carbocycles. The molecule has 2 rings (SSSR count). The molecule has 0 fully saturated rings. The van der Waals surface area contributed by atoms with Gasteiger partial charge in [0.05, 0.1) is 17.3 Å². The third kappa shape index (κ3) is 2.87. The maximum Gasteiger partial charge on any atom is 0.146 e. The minimum atomic E-state index is 0.555. The lowest BCUT2D eigenvalue weighted by molar-refractivity contribution is 0.340. The summed E-state index contributed by atoms with van der Waals surface area (Å²) < 4.78 is 11.1. The average Bonchev–Trinajstić information content (AvgIpc) is 2.36. The van der Waals surface area contributed by atoms with Crippen LogP contribution in [0, 0.1) is 0 Å². The first kappa shape index (κ1) is 12.6. The third-order valence-electron chi connectivity index (χ3n) is 2.35. The van der Waals surface area contributed by atoms with E-state index in [9.17, 15) is 0 Å². The van der Waals surface area contributed by atoms with Gasteiger partial charge in [0.1, 0.15) is 17.2 Å². The summed E-state index contributed by atoms with van der Waals surface area (Å²) >= 11 is 6.03. The Kier molecular flexibility index (Phi) is 3.95. The maximum atomic E-state index is 6.03. The van der Waals surface area contributed by atoms with Gasteiger partial charge in [-0.05, 0) is 31.2 Å². The Balaban J connectivity index is 2.24. The quantitative estimate of drug-likeness (QED) is 0.844. The molecule has 2 N–H and O–H groups in total. The van der Waals surface area contributed by atoms with E-state index >= 15 is 0 Å². The molecule has 0 spiro atoms. The number of ether oxygens (including phenoxy) is 2. The second-order valence-corrected chi connectivity index (χ2v) is 4.07. The Labute approximate surface area is 111 Å². The molecular weight excluding hydrogens is 250 g/mol. The second-order valence-electron chi connectivity index (χ2n) is 3.67. The van der Waals surface area contributed by atoms with Crippen LogP contribution in [-0.4, -0.2) is 6.61 Å². The summed E-state index contributed by atoms with van der Waals surface area (Å²) in [6.45, 7) is 2.46. The Morgan fingerprint density at radius 1 is 1.11 bits per heavy atom. The predicted molar refractivity (Wildman–Crippen MR) is 73.5 cm³/mol. The van der Waals surface area contributed by atoms with Crippen molar-refractivity contribution in [3.63, 3.8) is 0 Å². The smallest absolute Gasteiger partial charge is 0.146 e. The maximum absolute atomic E-state index is 6.03. The number of nitrogen functional groups attached to an aromatic ring is 1. The fourth-order valence-corrected chi connectivity index (χ4v) is 1.69. The van der Waals surface area contributed by atoms with Crippen LogP contribution in [0.15, 0.2) is 42.5 Å². The standard InChI is InChI=1S/C14H14ClNO2/c1-2-17-14-9-10(7-8-12(14)16)18-13-6-4-3-5-11(13)15/h3-9H,2,16H2,1H3. The molecule has 0 heterocycles. The van der Waals surface area contributed by atoms with Crippen molar-refractivity contribution >= 4 is 17.3 Å². The van der Waals surface area contributed by atoms with Crippen molar-refractivity contribution in [3.8, 4) is 17.2 Å². The van der Waals surface area contributed by atoms with Crippen LogP contribution >= 0.6 is 11.6 Å². The molecular formula is C14H14ClNO2. The third-order valence-corrected chi connectivity index (χ3v) is 2.66. The van der Waals surface area contributed by atoms with Crippen molar-refractivity contribution in [1.29, 1.82) is 0 Å². The topological polar surface area (TPSA) is 44.5 Å². The number of halogens is 1. The molecule has 0 bridgehead atoms. The van der Waals surface area contributed by atoms with E-state index in [2.05, 4.69) is 0 Å². The summed E-state index contributed by atoms with van der Waals surface area (Å²) in [7, 11) is 0. The normalized spacial score (nSPS) is 10.1. The van der Waals surface area contributed by atoms with Crippen molar-refractivity contribution in [3.05, 3.63) is 47.5 Å². The van der Waals surface area contributed by atoms with Crippen LogP contribution in [0.25, 0.3) is 0 Å². The molecule has 2 aromatic rings. The van der Waals surface area contributed by atoms with Gasteiger partial charge in [-0.1, -0.05) is 23.7 Å². The van der Waals surface area contributed by atoms with E-state index in [0.717, 1.165) is 0 Å². The van der Waals surface area contributed by atoms with Gasteiger partial charge in [-0.2, -0.15) is 0 Å². The lowest BCUT2D eigenvalue weighted by Crippen LogP contribution is -1.97. The zero-order valence-electron chi connectivity index (χ0n) is 10.0. The lowest BCUT2D eigenvalue weighted by Gasteiger charge is -2.11. The summed E-state index contributed by atoms with van der Waals surface area (Å²) in [4.78, 5) is 0. The van der Waals surface area contributed by atoms with Gasteiger partial charge in [0.2, 0.25) is 0 Å². The summed E-state index contributed by atoms with van der Waals surface area (Å²) in [5.74, 6) is 1.86. The fraction of sp³-hybridized carbons (Fsp3) is 0.143. The Hall–Kier alpha value is -1.87. The van der Waals surface area contributed by atoms with Crippen molar-refractivity contribution < 1.29 is 9.47 Å². The van der Waals surface area contributed by atoms with Gasteiger partial charge in [0.25, 0.3) is 0 Å². The highest BCUT2D eigenvalue weighted by atomic mass is 35.5. The number of nitrogens with two attached hydrogens (primary N) is 1. The Morgan fingerprint density at radius 3 is 2.61 bits per heavy atom. The molecule has 94 valence electrons. The number of rotatable bonds is 4. The second kappa shape index (κ2) is 5.65. The molecule has 0 unspecified atom stereocenters. The number of benzene rings is 2. The molecule has 0 aliphatic carbocycles. The summed E-state index contributed by atoms with van der Waals surface area (Å²) in [6.07, 6.45) is 0. The monoisotopic (exact) mass is 263 g/mol. The fourth-order valence-electron chi connectivity index (χ4n) is 1.51. The van der Waals surface area contributed by atoms with E-state index in [1.165, 1.54) is 0 Å². The molecule has 4 heteroatoms. The van der Waals surface area contributed by atoms with Gasteiger partial charge in [-0.25, -0.2) is 0 Å². The van der Waals surface area contributed by atoms with Crippen molar-refractivity contribution in [2.24, 2.45) is 0 Å². The molecule has 0 saturated carbocycles. The first-order valence-corrected chi connectivity index (χ1v) is 6.03. The lowest BCUT2D eigenvalue weighted by atomic mass is 10.2. The van der Waals surface area contributed by atoms with Gasteiger partial charge in [0, 0.05) is 6.07 Å². The Bertz CT molecular complexity index is 543. The van der Waals surface area contributed by atoms with E-state index in [4.69, 9.17) is 26.8 Å². The van der Waals surface area contributed by atoms with Crippen LogP contribution in [0.5, 0.6) is 17.2 Å². The number of para-hydroxylation sites is 1. The molecule has 0 aliphatic rings. The van der Waals surface area contributed by atoms with E-state index in [-0.39, 0.29) is 0 Å². The highest BCUT2D eigenvalue weighted by Crippen LogP contribution is 2.32. The SMILES string of the molecule is CCOc1cc(Oc2ccccc2Cl)ccc1N. The summed E-state index contributed by atoms with van der Waals surface area (Å²) in [6, 6.07) is 12.6. The van der Waals surface area contributed by atoms with Crippen molar-refractivity contribution in [2.75, 3.05) is 12.3 Å². The number of hydrogen-bond acceptors (Lipinski definition) is 3. The van der Waals surface area contributed by atoms with Crippen LogP contribution < -0.4 is 15.2 Å². The van der Waals surface area contributed by atoms with E-state index < -0.39 is 0 Å². The molecule has 0 saturated heterocycles. The molecule has 18 heavy (non-hydrogen) atoms. The average molecular weight is 264 g/mol. The first-order valence-electron chi connectivity index (χ1n) is 5.65. The van der Waals surface area contributed by atoms with E-state index in [1.807, 2.05) is 19.1 Å². The summed E-state index contributed by atoms with van der Waals surface area (Å²) in [5, 5.41) is 0.562. The van der Waals surface area contributed by atoms with E-state index in [0.29, 0.717) is 34.6 Å². The zero-order chi connectivity index (χ0) is 13.0. The number of hydrogen-bond donors (Lipinski definition) is 1. The first-order chi connectivity index (χ1) is 8.70. The van der Waals surface area contributed by atoms with Gasteiger partial charge in [-0.3, -0.25) is 0 Å². The summed E-state index contributed by atoms with van der Waals surface area (Å²) in [5.41, 5.74) is 6.38. The van der Waals surface area contributed by atoms with Crippen molar-refractivity contribution in [2.45, 2.75) is 6.92 Å². The minimum absolute atomic E-state index is 0.555. The van der Waals surface area contributed by atoms with Crippen LogP contribution in [-0.2, 0) is 0 Å². The Morgan fingerprint density at radius 2 is 1.89 bits per heavy atom. The number of anilines is 1. The largest absolute Gasteiger partial charge is 0.492 e. The van der Waals surface area contributed by atoms with Gasteiger partial charge in [0.15, 0.2) is 0 Å². The predicted octanol–water partition coefficient (Wildman–Crippen LogP) is 4.11. The molecule has 0 radical (unpaired) electrons. The molecule has 0 atom stereocenters. The molecule has 0 aromatic heterocycles. The van der Waals surface area contributed by atoms with Crippen LogP contribution in [0.1, 0.15) is 6.92 Å². The van der Waals surface area contributed by atoms with Gasteiger partial charge >= 0.3 is 0 Å². The van der Waals surface area contributed by atoms with Crippen LogP contribution in [0.3, 0.4) is 0 Å². The van der Waals surface area contributed by atoms with Crippen LogP contribution in [0.2, 0.25) is 5.02 Å². The molecule has 0 aliphatic heterocycles. The highest BCUT2D eigenvalue weighted by molar-refractivity contribution is 6.32. The molecule has 0 amide bonds. The highest BCUT2D eigenvalue weighted by Gasteiger charge is 2.05. The van der Waals surface area contributed by atoms with Crippen molar-refractivity contribution in [1.82, 2.24) is 0 Å². The van der Waals surface area contributed by atoms with E-state index in [1.54, 1.807) is 30.3 Å². The minimum Gasteiger partial charge on any atom is -0.492 e. The van der Waals surface area contributed by atoms with Gasteiger partial charge < -0.3 is 15.2 Å². The van der Waals surface area contributed by atoms with Gasteiger partial charge in [-0.15, -0.1) is 0 Å². The molecule has 3 nitrogen and oxygen atoms in total.